The van der Waals surface area contributed by atoms with Gasteiger partial charge in [0, 0.05) is 43.3 Å². The largest absolute Gasteiger partial charge is 0.385 e. The van der Waals surface area contributed by atoms with Gasteiger partial charge >= 0.3 is 5.69 Å². The van der Waals surface area contributed by atoms with Crippen molar-refractivity contribution in [3.63, 3.8) is 0 Å². The summed E-state index contributed by atoms with van der Waals surface area (Å²) in [6.07, 6.45) is 3.11. The van der Waals surface area contributed by atoms with E-state index in [4.69, 9.17) is 4.74 Å². The number of methoxy groups -OCH3 is 1. The lowest BCUT2D eigenvalue weighted by atomic mass is 10.2. The monoisotopic (exact) mass is 364 g/mol. The summed E-state index contributed by atoms with van der Waals surface area (Å²) in [5.74, 6) is 0.340. The van der Waals surface area contributed by atoms with E-state index in [1.165, 1.54) is 24.6 Å². The third kappa shape index (κ3) is 3.90. The lowest BCUT2D eigenvalue weighted by molar-refractivity contribution is 0.102. The molecule has 1 aliphatic rings. The van der Waals surface area contributed by atoms with E-state index >= 15 is 0 Å². The predicted octanol–water partition coefficient (Wildman–Crippen LogP) is 2.34. The number of aromatic amines is 1. The van der Waals surface area contributed by atoms with Crippen molar-refractivity contribution >= 4 is 17.5 Å². The smallest absolute Gasteiger partial charge is 0.343 e. The van der Waals surface area contributed by atoms with E-state index in [0.717, 1.165) is 23.4 Å². The number of ether oxygens (including phenoxy) is 1. The van der Waals surface area contributed by atoms with Crippen LogP contribution >= 0.6 is 11.8 Å². The molecule has 1 N–H and O–H groups in total. The maximum absolute atomic E-state index is 12.6. The van der Waals surface area contributed by atoms with Gasteiger partial charge in [-0.15, -0.1) is 5.10 Å². The Bertz CT molecular complexity index is 816. The minimum atomic E-state index is -0.252. The van der Waals surface area contributed by atoms with Crippen molar-refractivity contribution in [1.29, 1.82) is 0 Å². The summed E-state index contributed by atoms with van der Waals surface area (Å²) in [6.45, 7) is 5.17. The summed E-state index contributed by atoms with van der Waals surface area (Å²) in [5.41, 5.74) is 2.72. The third-order valence-corrected chi connectivity index (χ3v) is 5.46. The van der Waals surface area contributed by atoms with Crippen LogP contribution in [-0.2, 0) is 11.3 Å². The lowest BCUT2D eigenvalue weighted by Crippen LogP contribution is -2.18. The molecule has 0 amide bonds. The van der Waals surface area contributed by atoms with Crippen molar-refractivity contribution in [2.45, 2.75) is 50.9 Å². The standard InChI is InChI=1S/C17H24N4O3S/c1-11-9-14(12(2)21(11)13-5-6-13)15(22)10-25-17-19-18-16(23)20(17)7-4-8-24-3/h9,13H,4-8,10H2,1-3H3,(H,18,23). The molecule has 2 aromatic rings. The fourth-order valence-electron chi connectivity index (χ4n) is 3.14. The molecule has 1 aliphatic carbocycles. The summed E-state index contributed by atoms with van der Waals surface area (Å²) in [4.78, 5) is 24.5. The van der Waals surface area contributed by atoms with Crippen LogP contribution in [0.4, 0.5) is 0 Å². The summed E-state index contributed by atoms with van der Waals surface area (Å²) in [5, 5.41) is 7.04. The molecule has 136 valence electrons. The van der Waals surface area contributed by atoms with E-state index < -0.39 is 0 Å². The molecule has 0 saturated heterocycles. The Hall–Kier alpha value is -1.80. The lowest BCUT2D eigenvalue weighted by Gasteiger charge is -2.07. The van der Waals surface area contributed by atoms with Gasteiger partial charge in [0.1, 0.15) is 0 Å². The molecule has 3 rings (SSSR count). The van der Waals surface area contributed by atoms with Gasteiger partial charge in [0.05, 0.1) is 5.75 Å². The van der Waals surface area contributed by atoms with Gasteiger partial charge < -0.3 is 9.30 Å². The quantitative estimate of drug-likeness (QED) is 0.419. The number of carbonyl (C=O) groups excluding carboxylic acids is 1. The Kier molecular flexibility index (Phi) is 5.48. The van der Waals surface area contributed by atoms with E-state index in [2.05, 4.69) is 21.7 Å². The van der Waals surface area contributed by atoms with E-state index in [1.54, 1.807) is 11.7 Å². The molecule has 0 radical (unpaired) electrons. The SMILES string of the molecule is COCCCn1c(SCC(=O)c2cc(C)n(C3CC3)c2C)n[nH]c1=O. The second-order valence-corrected chi connectivity index (χ2v) is 7.35. The van der Waals surface area contributed by atoms with Crippen molar-refractivity contribution in [2.75, 3.05) is 19.5 Å². The Labute approximate surface area is 150 Å². The second kappa shape index (κ2) is 7.61. The number of nitrogens with zero attached hydrogens (tertiary/aromatic N) is 3. The maximum atomic E-state index is 12.6. The van der Waals surface area contributed by atoms with Crippen LogP contribution in [0.5, 0.6) is 0 Å². The number of carbonyl (C=O) groups is 1. The van der Waals surface area contributed by atoms with E-state index in [0.29, 0.717) is 24.3 Å². The molecular formula is C17H24N4O3S. The molecule has 2 aromatic heterocycles. The molecule has 2 heterocycles. The van der Waals surface area contributed by atoms with Crippen molar-refractivity contribution < 1.29 is 9.53 Å². The topological polar surface area (TPSA) is 81.9 Å². The van der Waals surface area contributed by atoms with Gasteiger partial charge in [0.2, 0.25) is 0 Å². The fourth-order valence-corrected chi connectivity index (χ4v) is 4.00. The normalized spacial score (nSPS) is 14.2. The molecule has 7 nitrogen and oxygen atoms in total. The van der Waals surface area contributed by atoms with Gasteiger partial charge in [-0.25, -0.2) is 9.89 Å². The highest BCUT2D eigenvalue weighted by Gasteiger charge is 2.28. The molecule has 25 heavy (non-hydrogen) atoms. The Morgan fingerprint density at radius 2 is 2.20 bits per heavy atom. The highest BCUT2D eigenvalue weighted by atomic mass is 32.2. The first kappa shape index (κ1) is 18.0. The van der Waals surface area contributed by atoms with Crippen molar-refractivity contribution in [3.05, 3.63) is 33.5 Å². The van der Waals surface area contributed by atoms with Gasteiger partial charge in [-0.2, -0.15) is 0 Å². The Balaban J connectivity index is 1.67. The maximum Gasteiger partial charge on any atom is 0.343 e. The number of nitrogens with one attached hydrogen (secondary N) is 1. The number of Topliss-reactive ketones (excluding diaryl/α,β-unsaturated/α-hetero) is 1. The number of thioether (sulfide) groups is 1. The average Bonchev–Trinajstić information content (AvgIpc) is 3.29. The highest BCUT2D eigenvalue weighted by molar-refractivity contribution is 7.99. The molecule has 0 aromatic carbocycles. The minimum absolute atomic E-state index is 0.0730. The number of hydrogen-bond donors (Lipinski definition) is 1. The van der Waals surface area contributed by atoms with Crippen LogP contribution in [0.3, 0.4) is 0 Å². The van der Waals surface area contributed by atoms with Crippen LogP contribution in [0.2, 0.25) is 0 Å². The van der Waals surface area contributed by atoms with Crippen LogP contribution in [0.25, 0.3) is 0 Å². The zero-order chi connectivity index (χ0) is 18.0. The van der Waals surface area contributed by atoms with E-state index in [1.807, 2.05) is 13.0 Å². The zero-order valence-electron chi connectivity index (χ0n) is 14.9. The molecule has 0 spiro atoms. The Morgan fingerprint density at radius 1 is 1.44 bits per heavy atom. The van der Waals surface area contributed by atoms with Crippen LogP contribution in [0.15, 0.2) is 16.0 Å². The van der Waals surface area contributed by atoms with Crippen LogP contribution in [-0.4, -0.2) is 44.6 Å². The average molecular weight is 364 g/mol. The molecular weight excluding hydrogens is 340 g/mol. The molecule has 1 saturated carbocycles. The number of ketones is 1. The fraction of sp³-hybridized carbons (Fsp3) is 0.588. The minimum Gasteiger partial charge on any atom is -0.385 e. The van der Waals surface area contributed by atoms with Crippen LogP contribution < -0.4 is 5.69 Å². The molecule has 0 bridgehead atoms. The van der Waals surface area contributed by atoms with Crippen molar-refractivity contribution in [3.8, 4) is 0 Å². The number of H-pyrrole nitrogens is 1. The first-order valence-electron chi connectivity index (χ1n) is 8.51. The van der Waals surface area contributed by atoms with Crippen LogP contribution in [0.1, 0.15) is 47.1 Å². The van der Waals surface area contributed by atoms with E-state index in [-0.39, 0.29) is 17.2 Å². The van der Waals surface area contributed by atoms with E-state index in [9.17, 15) is 9.59 Å². The summed E-state index contributed by atoms with van der Waals surface area (Å²) in [6, 6.07) is 2.54. The number of aromatic nitrogens is 4. The Morgan fingerprint density at radius 3 is 2.88 bits per heavy atom. The van der Waals surface area contributed by atoms with Gasteiger partial charge in [-0.1, -0.05) is 11.8 Å². The van der Waals surface area contributed by atoms with Gasteiger partial charge in [0.25, 0.3) is 0 Å². The van der Waals surface area contributed by atoms with Crippen LogP contribution in [0, 0.1) is 13.8 Å². The zero-order valence-corrected chi connectivity index (χ0v) is 15.7. The number of rotatable bonds is 9. The summed E-state index contributed by atoms with van der Waals surface area (Å²) in [7, 11) is 1.63. The first-order valence-corrected chi connectivity index (χ1v) is 9.50. The third-order valence-electron chi connectivity index (χ3n) is 4.48. The van der Waals surface area contributed by atoms with Gasteiger partial charge in [-0.3, -0.25) is 9.36 Å². The molecule has 0 atom stereocenters. The van der Waals surface area contributed by atoms with Gasteiger partial charge in [-0.05, 0) is 39.2 Å². The summed E-state index contributed by atoms with van der Waals surface area (Å²) >= 11 is 1.30. The molecule has 0 aliphatic heterocycles. The van der Waals surface area contributed by atoms with Crippen molar-refractivity contribution in [1.82, 2.24) is 19.3 Å². The summed E-state index contributed by atoms with van der Waals surface area (Å²) < 4.78 is 8.85. The van der Waals surface area contributed by atoms with Crippen molar-refractivity contribution in [2.24, 2.45) is 0 Å². The number of hydrogen-bond acceptors (Lipinski definition) is 5. The first-order chi connectivity index (χ1) is 12.0. The second-order valence-electron chi connectivity index (χ2n) is 6.41. The number of aryl methyl sites for hydroxylation is 1. The predicted molar refractivity (Wildman–Crippen MR) is 96.6 cm³/mol. The highest BCUT2D eigenvalue weighted by Crippen LogP contribution is 2.38. The molecule has 1 fully saturated rings. The molecule has 0 unspecified atom stereocenters. The molecule has 8 heteroatoms. The van der Waals surface area contributed by atoms with Gasteiger partial charge in [0.15, 0.2) is 10.9 Å².